The zero-order chi connectivity index (χ0) is 13.1. The summed E-state index contributed by atoms with van der Waals surface area (Å²) >= 11 is 6.17. The first-order valence-electron chi connectivity index (χ1n) is 5.92. The molecule has 1 fully saturated rings. The Kier molecular flexibility index (Phi) is 4.09. The van der Waals surface area contributed by atoms with Crippen molar-refractivity contribution in [1.82, 2.24) is 0 Å². The van der Waals surface area contributed by atoms with Crippen LogP contribution in [0, 0.1) is 0 Å². The minimum atomic E-state index is -0.382. The van der Waals surface area contributed by atoms with Crippen LogP contribution in [-0.4, -0.2) is 37.4 Å². The van der Waals surface area contributed by atoms with Gasteiger partial charge in [0, 0.05) is 6.54 Å². The molecule has 0 bridgehead atoms. The third kappa shape index (κ3) is 2.44. The summed E-state index contributed by atoms with van der Waals surface area (Å²) in [5.41, 5.74) is 1.26. The highest BCUT2D eigenvalue weighted by Gasteiger charge is 2.26. The van der Waals surface area contributed by atoms with Gasteiger partial charge < -0.3 is 14.7 Å². The summed E-state index contributed by atoms with van der Waals surface area (Å²) in [7, 11) is 1.35. The van der Waals surface area contributed by atoms with Gasteiger partial charge in [0.15, 0.2) is 0 Å². The van der Waals surface area contributed by atoms with E-state index in [9.17, 15) is 9.90 Å². The molecule has 0 saturated carbocycles. The van der Waals surface area contributed by atoms with E-state index in [2.05, 4.69) is 4.90 Å². The number of rotatable bonds is 3. The van der Waals surface area contributed by atoms with Gasteiger partial charge in [0.2, 0.25) is 0 Å². The van der Waals surface area contributed by atoms with E-state index in [0.717, 1.165) is 25.1 Å². The number of anilines is 1. The highest BCUT2D eigenvalue weighted by atomic mass is 35.5. The summed E-state index contributed by atoms with van der Waals surface area (Å²) in [6.45, 7) is 0.939. The maximum absolute atomic E-state index is 11.5. The number of nitrogens with zero attached hydrogens (tertiary/aromatic N) is 1. The molecule has 1 N–H and O–H groups in total. The van der Waals surface area contributed by atoms with Gasteiger partial charge in [-0.2, -0.15) is 0 Å². The normalized spacial score (nSPS) is 19.1. The highest BCUT2D eigenvalue weighted by Crippen LogP contribution is 2.32. The quantitative estimate of drug-likeness (QED) is 0.854. The largest absolute Gasteiger partial charge is 0.465 e. The lowest BCUT2D eigenvalue weighted by Gasteiger charge is -2.26. The van der Waals surface area contributed by atoms with E-state index in [-0.39, 0.29) is 18.6 Å². The van der Waals surface area contributed by atoms with Crippen molar-refractivity contribution in [3.63, 3.8) is 0 Å². The lowest BCUT2D eigenvalue weighted by atomic mass is 10.1. The van der Waals surface area contributed by atoms with Gasteiger partial charge in [-0.1, -0.05) is 11.6 Å². The van der Waals surface area contributed by atoms with Crippen LogP contribution in [0.3, 0.4) is 0 Å². The molecule has 0 spiro atoms. The molecule has 0 aliphatic carbocycles. The van der Waals surface area contributed by atoms with Crippen molar-refractivity contribution in [3.8, 4) is 0 Å². The Morgan fingerprint density at radius 3 is 3.06 bits per heavy atom. The van der Waals surface area contributed by atoms with Gasteiger partial charge in [-0.3, -0.25) is 0 Å². The number of hydrogen-bond donors (Lipinski definition) is 1. The van der Waals surface area contributed by atoms with E-state index in [1.165, 1.54) is 7.11 Å². The van der Waals surface area contributed by atoms with Gasteiger partial charge in [-0.15, -0.1) is 0 Å². The first-order valence-corrected chi connectivity index (χ1v) is 6.30. The van der Waals surface area contributed by atoms with Gasteiger partial charge in [-0.25, -0.2) is 4.79 Å². The van der Waals surface area contributed by atoms with Crippen LogP contribution in [0.15, 0.2) is 18.2 Å². The Bertz CT molecular complexity index is 450. The number of halogens is 1. The second-order valence-electron chi connectivity index (χ2n) is 4.33. The number of benzene rings is 1. The summed E-state index contributed by atoms with van der Waals surface area (Å²) < 4.78 is 4.70. The molecule has 1 heterocycles. The van der Waals surface area contributed by atoms with Crippen LogP contribution < -0.4 is 4.90 Å². The molecular formula is C13H16ClNO3. The number of esters is 1. The second kappa shape index (κ2) is 5.59. The smallest absolute Gasteiger partial charge is 0.337 e. The fourth-order valence-electron chi connectivity index (χ4n) is 2.32. The molecule has 98 valence electrons. The summed E-state index contributed by atoms with van der Waals surface area (Å²) in [6, 6.07) is 5.13. The molecule has 18 heavy (non-hydrogen) atoms. The van der Waals surface area contributed by atoms with Crippen molar-refractivity contribution in [3.05, 3.63) is 28.8 Å². The number of carbonyl (C=O) groups excluding carboxylic acids is 1. The third-order valence-corrected chi connectivity index (χ3v) is 3.58. The van der Waals surface area contributed by atoms with Gasteiger partial charge in [-0.05, 0) is 31.0 Å². The predicted octanol–water partition coefficient (Wildman–Crippen LogP) is 2.09. The molecule has 5 heteroatoms. The zero-order valence-corrected chi connectivity index (χ0v) is 11.0. The molecule has 0 radical (unpaired) electrons. The molecule has 1 saturated heterocycles. The summed E-state index contributed by atoms with van der Waals surface area (Å²) in [5.74, 6) is -0.382. The van der Waals surface area contributed by atoms with Gasteiger partial charge >= 0.3 is 5.97 Å². The Labute approximate surface area is 111 Å². The molecule has 1 aliphatic rings. The van der Waals surface area contributed by atoms with Crippen molar-refractivity contribution in [1.29, 1.82) is 0 Å². The van der Waals surface area contributed by atoms with E-state index in [1.54, 1.807) is 18.2 Å². The molecule has 1 aromatic rings. The number of carbonyl (C=O) groups is 1. The average Bonchev–Trinajstić information content (AvgIpc) is 2.86. The van der Waals surface area contributed by atoms with E-state index in [4.69, 9.17) is 16.3 Å². The lowest BCUT2D eigenvalue weighted by Crippen LogP contribution is -2.32. The van der Waals surface area contributed by atoms with Crippen molar-refractivity contribution >= 4 is 23.3 Å². The fraction of sp³-hybridized carbons (Fsp3) is 0.462. The Hall–Kier alpha value is -1.26. The van der Waals surface area contributed by atoms with Crippen molar-refractivity contribution in [2.24, 2.45) is 0 Å². The third-order valence-electron chi connectivity index (χ3n) is 3.26. The zero-order valence-electron chi connectivity index (χ0n) is 10.2. The van der Waals surface area contributed by atoms with Crippen LogP contribution in [-0.2, 0) is 4.74 Å². The number of hydrogen-bond acceptors (Lipinski definition) is 4. The van der Waals surface area contributed by atoms with Crippen LogP contribution in [0.4, 0.5) is 5.69 Å². The summed E-state index contributed by atoms with van der Waals surface area (Å²) in [4.78, 5) is 13.6. The number of methoxy groups -OCH3 is 1. The predicted molar refractivity (Wildman–Crippen MR) is 70.2 cm³/mol. The Balaban J connectivity index is 2.34. The van der Waals surface area contributed by atoms with E-state index in [0.29, 0.717) is 10.6 Å². The first-order chi connectivity index (χ1) is 8.67. The maximum Gasteiger partial charge on any atom is 0.337 e. The Morgan fingerprint density at radius 2 is 2.39 bits per heavy atom. The number of aliphatic hydroxyl groups excluding tert-OH is 1. The van der Waals surface area contributed by atoms with E-state index < -0.39 is 0 Å². The fourth-order valence-corrected chi connectivity index (χ4v) is 2.55. The molecule has 1 aromatic carbocycles. The molecule has 0 amide bonds. The second-order valence-corrected chi connectivity index (χ2v) is 4.74. The summed E-state index contributed by atoms with van der Waals surface area (Å²) in [6.07, 6.45) is 1.96. The van der Waals surface area contributed by atoms with Crippen LogP contribution in [0.5, 0.6) is 0 Å². The summed E-state index contributed by atoms with van der Waals surface area (Å²) in [5, 5.41) is 9.92. The minimum Gasteiger partial charge on any atom is -0.465 e. The molecule has 1 atom stereocenters. The van der Waals surface area contributed by atoms with Gasteiger partial charge in [0.25, 0.3) is 0 Å². The monoisotopic (exact) mass is 269 g/mol. The number of aliphatic hydroxyl groups is 1. The van der Waals surface area contributed by atoms with Gasteiger partial charge in [0.1, 0.15) is 0 Å². The molecule has 1 aliphatic heterocycles. The molecular weight excluding hydrogens is 254 g/mol. The first kappa shape index (κ1) is 13.2. The minimum absolute atomic E-state index is 0.0791. The van der Waals surface area contributed by atoms with Crippen LogP contribution in [0.2, 0.25) is 5.02 Å². The number of ether oxygens (including phenoxy) is 1. The topological polar surface area (TPSA) is 49.8 Å². The van der Waals surface area contributed by atoms with E-state index >= 15 is 0 Å². The van der Waals surface area contributed by atoms with E-state index in [1.807, 2.05) is 0 Å². The van der Waals surface area contributed by atoms with Crippen LogP contribution >= 0.6 is 11.6 Å². The maximum atomic E-state index is 11.5. The Morgan fingerprint density at radius 1 is 1.61 bits per heavy atom. The molecule has 2 rings (SSSR count). The SMILES string of the molecule is COC(=O)c1ccc(Cl)c(N2CCCC2CO)c1. The highest BCUT2D eigenvalue weighted by molar-refractivity contribution is 6.33. The van der Waals surface area contributed by atoms with Gasteiger partial charge in [0.05, 0.1) is 36.0 Å². The van der Waals surface area contributed by atoms with Crippen LogP contribution in [0.25, 0.3) is 0 Å². The van der Waals surface area contributed by atoms with Crippen molar-refractivity contribution in [2.45, 2.75) is 18.9 Å². The molecule has 1 unspecified atom stereocenters. The lowest BCUT2D eigenvalue weighted by molar-refractivity contribution is 0.0601. The van der Waals surface area contributed by atoms with Crippen LogP contribution in [0.1, 0.15) is 23.2 Å². The van der Waals surface area contributed by atoms with Crippen molar-refractivity contribution < 1.29 is 14.6 Å². The molecule has 0 aromatic heterocycles. The average molecular weight is 270 g/mol. The van der Waals surface area contributed by atoms with Crippen molar-refractivity contribution in [2.75, 3.05) is 25.2 Å². The standard InChI is InChI=1S/C13H16ClNO3/c1-18-13(17)9-4-5-11(14)12(7-9)15-6-2-3-10(15)8-16/h4-5,7,10,16H,2-3,6,8H2,1H3. The molecule has 4 nitrogen and oxygen atoms in total.